The summed E-state index contributed by atoms with van der Waals surface area (Å²) in [6.07, 6.45) is 1.50. The van der Waals surface area contributed by atoms with Gasteiger partial charge >= 0.3 is 0 Å². The zero-order valence-corrected chi connectivity index (χ0v) is 12.5. The van der Waals surface area contributed by atoms with Crippen LogP contribution < -0.4 is 16.6 Å². The van der Waals surface area contributed by atoms with Crippen LogP contribution in [0.5, 0.6) is 0 Å². The van der Waals surface area contributed by atoms with E-state index in [1.807, 2.05) is 27.7 Å². The van der Waals surface area contributed by atoms with Crippen LogP contribution in [0.4, 0.5) is 5.69 Å². The molecular formula is C14H19N5O2. The Morgan fingerprint density at radius 2 is 2.10 bits per heavy atom. The quantitative estimate of drug-likeness (QED) is 0.585. The normalized spacial score (nSPS) is 12.0. The van der Waals surface area contributed by atoms with E-state index in [0.29, 0.717) is 17.0 Å². The number of hydrogen-bond acceptors (Lipinski definition) is 6. The van der Waals surface area contributed by atoms with Gasteiger partial charge in [-0.3, -0.25) is 15.6 Å². The van der Waals surface area contributed by atoms with Gasteiger partial charge in [-0.2, -0.15) is 0 Å². The highest BCUT2D eigenvalue weighted by Crippen LogP contribution is 2.22. The Hall–Kier alpha value is -2.41. The van der Waals surface area contributed by atoms with Crippen molar-refractivity contribution in [2.24, 2.45) is 5.84 Å². The number of hydrazine groups is 1. The summed E-state index contributed by atoms with van der Waals surface area (Å²) < 4.78 is 5.12. The molecule has 2 rings (SSSR count). The number of nitrogens with two attached hydrogens (primary N) is 1. The number of rotatable bonds is 4. The fourth-order valence-corrected chi connectivity index (χ4v) is 2.31. The third kappa shape index (κ3) is 3.03. The molecule has 0 radical (unpaired) electrons. The van der Waals surface area contributed by atoms with E-state index >= 15 is 0 Å². The molecular weight excluding hydrogens is 270 g/mol. The molecule has 1 amide bonds. The maximum atomic E-state index is 12.4. The Morgan fingerprint density at radius 1 is 1.38 bits per heavy atom. The van der Waals surface area contributed by atoms with Gasteiger partial charge in [-0.05, 0) is 33.8 Å². The molecule has 7 heteroatoms. The molecule has 0 fully saturated rings. The number of pyridine rings is 1. The number of aromatic nitrogens is 2. The molecule has 4 N–H and O–H groups in total. The van der Waals surface area contributed by atoms with Crippen LogP contribution in [0.15, 0.2) is 16.8 Å². The standard InChI is InChI=1S/C14H19N5O2/c1-7-5-12(18-15)11(6-16-7)14(20)17-8(2)13-9(3)19-21-10(13)4/h5-6,8H,15H2,1-4H3,(H,16,18)(H,17,20). The average Bonchev–Trinajstić information content (AvgIpc) is 2.77. The fourth-order valence-electron chi connectivity index (χ4n) is 2.31. The first-order chi connectivity index (χ1) is 9.93. The van der Waals surface area contributed by atoms with Crippen LogP contribution in [-0.2, 0) is 0 Å². The topological polar surface area (TPSA) is 106 Å². The van der Waals surface area contributed by atoms with Crippen LogP contribution in [0.25, 0.3) is 0 Å². The minimum atomic E-state index is -0.261. The van der Waals surface area contributed by atoms with Gasteiger partial charge in [0.15, 0.2) is 0 Å². The highest BCUT2D eigenvalue weighted by Gasteiger charge is 2.20. The number of carbonyl (C=O) groups is 1. The van der Waals surface area contributed by atoms with Gasteiger partial charge in [0.2, 0.25) is 0 Å². The lowest BCUT2D eigenvalue weighted by molar-refractivity contribution is 0.0940. The maximum absolute atomic E-state index is 12.4. The Bertz CT molecular complexity index is 646. The molecule has 0 spiro atoms. The number of nitrogens with zero attached hydrogens (tertiary/aromatic N) is 2. The number of hydrogen-bond donors (Lipinski definition) is 3. The molecule has 2 aromatic heterocycles. The van der Waals surface area contributed by atoms with Crippen molar-refractivity contribution in [1.29, 1.82) is 0 Å². The number of nitrogen functional groups attached to an aromatic ring is 1. The Kier molecular flexibility index (Phi) is 4.23. The van der Waals surface area contributed by atoms with E-state index in [4.69, 9.17) is 10.4 Å². The minimum Gasteiger partial charge on any atom is -0.361 e. The zero-order valence-electron chi connectivity index (χ0n) is 12.5. The summed E-state index contributed by atoms with van der Waals surface area (Å²) in [5.74, 6) is 5.88. The van der Waals surface area contributed by atoms with Gasteiger partial charge in [0, 0.05) is 17.5 Å². The summed E-state index contributed by atoms with van der Waals surface area (Å²) in [4.78, 5) is 16.5. The Labute approximate surface area is 122 Å². The first-order valence-corrected chi connectivity index (χ1v) is 6.61. The monoisotopic (exact) mass is 289 g/mol. The van der Waals surface area contributed by atoms with E-state index in [1.165, 1.54) is 6.20 Å². The van der Waals surface area contributed by atoms with Crippen molar-refractivity contribution in [3.05, 3.63) is 40.5 Å². The first-order valence-electron chi connectivity index (χ1n) is 6.61. The lowest BCUT2D eigenvalue weighted by Crippen LogP contribution is -2.28. The van der Waals surface area contributed by atoms with Crippen molar-refractivity contribution in [3.8, 4) is 0 Å². The largest absolute Gasteiger partial charge is 0.361 e. The molecule has 0 bridgehead atoms. The van der Waals surface area contributed by atoms with Crippen molar-refractivity contribution in [1.82, 2.24) is 15.5 Å². The Balaban J connectivity index is 2.22. The van der Waals surface area contributed by atoms with Gasteiger partial charge in [-0.25, -0.2) is 0 Å². The van der Waals surface area contributed by atoms with Crippen LogP contribution in [0.2, 0.25) is 0 Å². The molecule has 0 aliphatic carbocycles. The smallest absolute Gasteiger partial charge is 0.255 e. The van der Waals surface area contributed by atoms with Crippen molar-refractivity contribution < 1.29 is 9.32 Å². The van der Waals surface area contributed by atoms with Gasteiger partial charge in [-0.15, -0.1) is 0 Å². The van der Waals surface area contributed by atoms with E-state index in [-0.39, 0.29) is 11.9 Å². The van der Waals surface area contributed by atoms with E-state index in [1.54, 1.807) is 6.07 Å². The number of aryl methyl sites for hydroxylation is 3. The van der Waals surface area contributed by atoms with Crippen LogP contribution in [0.1, 0.15) is 46.0 Å². The average molecular weight is 289 g/mol. The Morgan fingerprint density at radius 3 is 2.67 bits per heavy atom. The lowest BCUT2D eigenvalue weighted by Gasteiger charge is -2.15. The third-order valence-corrected chi connectivity index (χ3v) is 3.31. The summed E-state index contributed by atoms with van der Waals surface area (Å²) in [5, 5.41) is 6.79. The molecule has 2 aromatic rings. The van der Waals surface area contributed by atoms with Crippen molar-refractivity contribution in [2.75, 3.05) is 5.43 Å². The van der Waals surface area contributed by atoms with E-state index < -0.39 is 0 Å². The highest BCUT2D eigenvalue weighted by molar-refractivity contribution is 5.99. The molecule has 7 nitrogen and oxygen atoms in total. The maximum Gasteiger partial charge on any atom is 0.255 e. The SMILES string of the molecule is Cc1cc(NN)c(C(=O)NC(C)c2c(C)noc2C)cn1. The fraction of sp³-hybridized carbons (Fsp3) is 0.357. The second-order valence-corrected chi connectivity index (χ2v) is 4.95. The van der Waals surface area contributed by atoms with Gasteiger partial charge < -0.3 is 15.3 Å². The van der Waals surface area contributed by atoms with Gasteiger partial charge in [0.1, 0.15) is 5.76 Å². The molecule has 0 saturated heterocycles. The molecule has 0 saturated carbocycles. The van der Waals surface area contributed by atoms with Crippen molar-refractivity contribution >= 4 is 11.6 Å². The molecule has 112 valence electrons. The number of amides is 1. The van der Waals surface area contributed by atoms with E-state index in [0.717, 1.165) is 17.0 Å². The van der Waals surface area contributed by atoms with Crippen LogP contribution in [0.3, 0.4) is 0 Å². The van der Waals surface area contributed by atoms with Crippen LogP contribution >= 0.6 is 0 Å². The molecule has 1 unspecified atom stereocenters. The lowest BCUT2D eigenvalue weighted by atomic mass is 10.1. The summed E-state index contributed by atoms with van der Waals surface area (Å²) in [5.41, 5.74) is 5.86. The van der Waals surface area contributed by atoms with Gasteiger partial charge in [0.05, 0.1) is 23.0 Å². The minimum absolute atomic E-state index is 0.226. The number of anilines is 1. The molecule has 1 atom stereocenters. The van der Waals surface area contributed by atoms with Crippen LogP contribution in [0, 0.1) is 20.8 Å². The molecule has 21 heavy (non-hydrogen) atoms. The molecule has 0 aromatic carbocycles. The first kappa shape index (κ1) is 15.0. The van der Waals surface area contributed by atoms with E-state index in [2.05, 4.69) is 20.9 Å². The summed E-state index contributed by atoms with van der Waals surface area (Å²) in [6, 6.07) is 1.49. The van der Waals surface area contributed by atoms with Gasteiger partial charge in [0.25, 0.3) is 5.91 Å². The number of carbonyl (C=O) groups excluding carboxylic acids is 1. The number of nitrogens with one attached hydrogen (secondary N) is 2. The molecule has 2 heterocycles. The zero-order chi connectivity index (χ0) is 15.6. The summed E-state index contributed by atoms with van der Waals surface area (Å²) >= 11 is 0. The predicted molar refractivity (Wildman–Crippen MR) is 78.6 cm³/mol. The van der Waals surface area contributed by atoms with Gasteiger partial charge in [-0.1, -0.05) is 5.16 Å². The van der Waals surface area contributed by atoms with Crippen molar-refractivity contribution in [2.45, 2.75) is 33.7 Å². The third-order valence-electron chi connectivity index (χ3n) is 3.31. The second-order valence-electron chi connectivity index (χ2n) is 4.95. The molecule has 0 aliphatic rings. The summed E-state index contributed by atoms with van der Waals surface area (Å²) in [6.45, 7) is 7.36. The second kappa shape index (κ2) is 5.92. The molecule has 0 aliphatic heterocycles. The van der Waals surface area contributed by atoms with Crippen LogP contribution in [-0.4, -0.2) is 16.0 Å². The summed E-state index contributed by atoms with van der Waals surface area (Å²) in [7, 11) is 0. The van der Waals surface area contributed by atoms with Crippen molar-refractivity contribution in [3.63, 3.8) is 0 Å². The van der Waals surface area contributed by atoms with E-state index in [9.17, 15) is 4.79 Å². The predicted octanol–water partition coefficient (Wildman–Crippen LogP) is 1.77. The highest BCUT2D eigenvalue weighted by atomic mass is 16.5.